The monoisotopic (exact) mass is 869 g/mol. The molecule has 0 aliphatic carbocycles. The van der Waals surface area contributed by atoms with Crippen LogP contribution >= 0.6 is 0 Å². The van der Waals surface area contributed by atoms with Crippen LogP contribution in [0.2, 0.25) is 0 Å². The van der Waals surface area contributed by atoms with Gasteiger partial charge in [-0.15, -0.1) is 0 Å². The Labute approximate surface area is 333 Å². The maximum Gasteiger partial charge on any atom is 0.217 e. The molecule has 1 amide bonds. The molecule has 0 spiro atoms. The molecule has 5 aliphatic heterocycles. The van der Waals surface area contributed by atoms with E-state index in [4.69, 9.17) is 42.6 Å². The summed E-state index contributed by atoms with van der Waals surface area (Å²) < 4.78 is 49.8. The number of carbonyl (C=O) groups is 1. The maximum atomic E-state index is 11.9. The van der Waals surface area contributed by atoms with Gasteiger partial charge in [-0.1, -0.05) is 0 Å². The first-order valence-electron chi connectivity index (χ1n) is 18.6. The number of rotatable bonds is 14. The van der Waals surface area contributed by atoms with Crippen molar-refractivity contribution in [1.82, 2.24) is 5.32 Å². The second kappa shape index (κ2) is 20.8. The Morgan fingerprint density at radius 3 is 1.22 bits per heavy atom. The van der Waals surface area contributed by atoms with E-state index in [-0.39, 0.29) is 0 Å². The third-order valence-electron chi connectivity index (χ3n) is 10.7. The highest BCUT2D eigenvalue weighted by Gasteiger charge is 2.56. The van der Waals surface area contributed by atoms with Crippen molar-refractivity contribution in [2.45, 2.75) is 160 Å². The fourth-order valence-electron chi connectivity index (χ4n) is 7.43. The summed E-state index contributed by atoms with van der Waals surface area (Å²) in [7, 11) is 0. The van der Waals surface area contributed by atoms with Gasteiger partial charge in [-0.2, -0.15) is 0 Å². The lowest BCUT2D eigenvalue weighted by Crippen LogP contribution is -2.69. The van der Waals surface area contributed by atoms with E-state index < -0.39 is 192 Å². The van der Waals surface area contributed by atoms with E-state index in [2.05, 4.69) is 5.32 Å². The third kappa shape index (κ3) is 10.2. The molecule has 59 heavy (non-hydrogen) atoms. The van der Waals surface area contributed by atoms with Crippen LogP contribution in [-0.4, -0.2) is 274 Å². The van der Waals surface area contributed by atoms with Gasteiger partial charge >= 0.3 is 0 Å². The normalized spacial score (nSPS) is 51.0. The molecular formula is C32H55NO26. The smallest absolute Gasteiger partial charge is 0.217 e. The predicted octanol–water partition coefficient (Wildman–Crippen LogP) is -11.8. The number of hydrogen-bond acceptors (Lipinski definition) is 26. The summed E-state index contributed by atoms with van der Waals surface area (Å²) in [5, 5.41) is 170. The minimum absolute atomic E-state index is 0.728. The van der Waals surface area contributed by atoms with Crippen molar-refractivity contribution in [3.63, 3.8) is 0 Å². The van der Waals surface area contributed by atoms with Gasteiger partial charge in [0.25, 0.3) is 0 Å². The van der Waals surface area contributed by atoms with Gasteiger partial charge in [0.05, 0.1) is 33.0 Å². The van der Waals surface area contributed by atoms with Crippen molar-refractivity contribution in [1.29, 1.82) is 0 Å². The summed E-state index contributed by atoms with van der Waals surface area (Å²) in [5.41, 5.74) is 0. The van der Waals surface area contributed by atoms with Crippen LogP contribution in [0.3, 0.4) is 0 Å². The van der Waals surface area contributed by atoms with E-state index in [1.165, 1.54) is 0 Å². The summed E-state index contributed by atoms with van der Waals surface area (Å²) in [6.07, 6.45) is -44.5. The van der Waals surface area contributed by atoms with Crippen molar-refractivity contribution >= 4 is 5.91 Å². The van der Waals surface area contributed by atoms with Crippen LogP contribution in [0.4, 0.5) is 0 Å². The van der Waals surface area contributed by atoms with Crippen molar-refractivity contribution in [3.05, 3.63) is 0 Å². The van der Waals surface area contributed by atoms with Gasteiger partial charge in [0.2, 0.25) is 5.91 Å². The molecule has 5 heterocycles. The van der Waals surface area contributed by atoms with Crippen LogP contribution in [0.1, 0.15) is 6.92 Å². The van der Waals surface area contributed by atoms with Crippen LogP contribution < -0.4 is 5.32 Å². The molecule has 27 heteroatoms. The Morgan fingerprint density at radius 1 is 0.407 bits per heavy atom. The topological polar surface area (TPSA) is 436 Å². The molecule has 0 radical (unpaired) electrons. The fraction of sp³-hybridized carbons (Fsp3) is 0.969. The highest BCUT2D eigenvalue weighted by molar-refractivity contribution is 5.73. The van der Waals surface area contributed by atoms with E-state index in [1.54, 1.807) is 0 Å². The molecular weight excluding hydrogens is 814 g/mol. The molecule has 0 aromatic carbocycles. The van der Waals surface area contributed by atoms with E-state index in [0.717, 1.165) is 6.92 Å². The van der Waals surface area contributed by atoms with Crippen LogP contribution in [0.25, 0.3) is 0 Å². The van der Waals surface area contributed by atoms with Crippen molar-refractivity contribution in [2.75, 3.05) is 33.0 Å². The van der Waals surface area contributed by atoms with Crippen LogP contribution in [-0.2, 0) is 47.4 Å². The van der Waals surface area contributed by atoms with Crippen molar-refractivity contribution in [2.24, 2.45) is 0 Å². The highest BCUT2D eigenvalue weighted by atomic mass is 16.8. The molecule has 1 unspecified atom stereocenters. The minimum atomic E-state index is -2.15. The molecule has 17 N–H and O–H groups in total. The molecule has 0 aromatic heterocycles. The lowest BCUT2D eigenvalue weighted by Gasteiger charge is -2.49. The molecule has 0 aromatic rings. The average Bonchev–Trinajstić information content (AvgIpc) is 3.21. The van der Waals surface area contributed by atoms with E-state index in [9.17, 15) is 86.5 Å². The van der Waals surface area contributed by atoms with Crippen LogP contribution in [0.15, 0.2) is 0 Å². The van der Waals surface area contributed by atoms with Gasteiger partial charge in [-0.05, 0) is 0 Å². The number of aliphatic hydroxyl groups is 16. The Kier molecular flexibility index (Phi) is 17.1. The largest absolute Gasteiger partial charge is 0.394 e. The lowest BCUT2D eigenvalue weighted by atomic mass is 9.95. The van der Waals surface area contributed by atoms with E-state index in [1.807, 2.05) is 0 Å². The first kappa shape index (κ1) is 48.5. The van der Waals surface area contributed by atoms with Crippen molar-refractivity contribution in [3.8, 4) is 0 Å². The fourth-order valence-corrected chi connectivity index (χ4v) is 7.43. The zero-order valence-electron chi connectivity index (χ0n) is 31.2. The van der Waals surface area contributed by atoms with Gasteiger partial charge in [0.15, 0.2) is 31.5 Å². The quantitative estimate of drug-likeness (QED) is 0.0770. The average molecular weight is 870 g/mol. The van der Waals surface area contributed by atoms with Crippen LogP contribution in [0, 0.1) is 0 Å². The molecule has 0 saturated carbocycles. The van der Waals surface area contributed by atoms with Gasteiger partial charge < -0.3 is 130 Å². The van der Waals surface area contributed by atoms with Gasteiger partial charge in [0.1, 0.15) is 122 Å². The number of hydrogen-bond donors (Lipinski definition) is 17. The molecule has 0 bridgehead atoms. The second-order valence-electron chi connectivity index (χ2n) is 14.7. The first-order valence-corrected chi connectivity index (χ1v) is 18.6. The standard InChI is InChI=1S/C32H55NO26/c1-7(39)33-13-17(43)14(40)8(2-34)52-29(13)58-26-15(41)9(3-35)54-32(22(26)48)59-27-16(42)10(4-36)53-31(23(27)49)57-25-12(6-38)55-30(21(47)19(25)45)56-24-11(5-37)51-28(50)20(46)18(24)44/h8-32,34-38,40-50H,2-6H2,1H3,(H,33,39)/t8-,9-,10-,11-,12-,13-,14+,15+,16+,17-,18-,19-,20-,21-,22-,23-,24-,25+,26+,27+,28?,29+,30+,31-,32-/m1/s1. The Hall–Kier alpha value is -1.53. The SMILES string of the molecule is CC(=O)N[C@H]1[C@H](O[C@H]2[C@@H](O)[C@@H](CO)O[C@H](O[C@H]3[C@@H](O)[C@@H](CO)O[C@H](O[C@@H]4[C@H](O)[C@@H](O)[C@H](O[C@H]5[C@H](O)[C@@H](O)C(O)O[C@@H]5CO)O[C@@H]4CO)[C@@H]3O)[C@@H]2O)O[C@H](CO)[C@H](O)[C@@H]1O. The summed E-state index contributed by atoms with van der Waals surface area (Å²) in [6, 6.07) is -1.55. The molecule has 27 nitrogen and oxygen atoms in total. The summed E-state index contributed by atoms with van der Waals surface area (Å²) in [5.74, 6) is -0.728. The zero-order valence-corrected chi connectivity index (χ0v) is 31.2. The first-order chi connectivity index (χ1) is 27.9. The number of carbonyl (C=O) groups excluding carboxylic acids is 1. The summed E-state index contributed by atoms with van der Waals surface area (Å²) >= 11 is 0. The number of amides is 1. The third-order valence-corrected chi connectivity index (χ3v) is 10.7. The molecule has 5 aliphatic rings. The summed E-state index contributed by atoms with van der Waals surface area (Å²) in [6.45, 7) is -3.54. The molecule has 5 saturated heterocycles. The van der Waals surface area contributed by atoms with E-state index >= 15 is 0 Å². The van der Waals surface area contributed by atoms with Gasteiger partial charge in [-0.25, -0.2) is 0 Å². The minimum Gasteiger partial charge on any atom is -0.394 e. The Morgan fingerprint density at radius 2 is 0.763 bits per heavy atom. The molecule has 25 atom stereocenters. The van der Waals surface area contributed by atoms with Gasteiger partial charge in [0, 0.05) is 6.92 Å². The number of ether oxygens (including phenoxy) is 9. The number of nitrogens with one attached hydrogen (secondary N) is 1. The van der Waals surface area contributed by atoms with Crippen molar-refractivity contribution < 1.29 is 129 Å². The van der Waals surface area contributed by atoms with Crippen LogP contribution in [0.5, 0.6) is 0 Å². The Bertz CT molecular complexity index is 1320. The maximum absolute atomic E-state index is 11.9. The summed E-state index contributed by atoms with van der Waals surface area (Å²) in [4.78, 5) is 11.9. The van der Waals surface area contributed by atoms with Gasteiger partial charge in [-0.3, -0.25) is 4.79 Å². The zero-order chi connectivity index (χ0) is 43.6. The number of aliphatic hydroxyl groups excluding tert-OH is 16. The highest BCUT2D eigenvalue weighted by Crippen LogP contribution is 2.35. The Balaban J connectivity index is 1.32. The lowest BCUT2D eigenvalue weighted by molar-refractivity contribution is -0.392. The molecule has 5 rings (SSSR count). The van der Waals surface area contributed by atoms with E-state index in [0.29, 0.717) is 0 Å². The second-order valence-corrected chi connectivity index (χ2v) is 14.7. The predicted molar refractivity (Wildman–Crippen MR) is 178 cm³/mol. The molecule has 5 fully saturated rings. The molecule has 344 valence electrons.